The minimum Gasteiger partial charge on any atom is -0.388 e. The Morgan fingerprint density at radius 3 is 0.957 bits per heavy atom. The summed E-state index contributed by atoms with van der Waals surface area (Å²) in [6, 6.07) is 54.9. The highest BCUT2D eigenvalue weighted by Gasteiger charge is 2.19. The van der Waals surface area contributed by atoms with Crippen LogP contribution in [-0.4, -0.2) is 24.1 Å². The predicted molar refractivity (Wildman–Crippen MR) is 194 cm³/mol. The lowest BCUT2D eigenvalue weighted by Gasteiger charge is -2.16. The number of aromatic nitrogens is 2. The van der Waals surface area contributed by atoms with Gasteiger partial charge in [-0.2, -0.15) is 0 Å². The van der Waals surface area contributed by atoms with Gasteiger partial charge in [0.1, 0.15) is 0 Å². The van der Waals surface area contributed by atoms with Crippen molar-refractivity contribution in [3.63, 3.8) is 0 Å². The monoisotopic (exact) mass is 594 g/mol. The molecule has 0 atom stereocenters. The predicted octanol–water partition coefficient (Wildman–Crippen LogP) is 10.6. The number of hydrogen-bond acceptors (Lipinski definition) is 4. The van der Waals surface area contributed by atoms with E-state index in [0.29, 0.717) is 0 Å². The molecule has 4 nitrogen and oxygen atoms in total. The second kappa shape index (κ2) is 12.9. The molecule has 4 heteroatoms. The van der Waals surface area contributed by atoms with E-state index in [0.717, 1.165) is 78.7 Å². The third kappa shape index (κ3) is 5.89. The zero-order valence-corrected chi connectivity index (χ0v) is 25.9. The Labute approximate surface area is 270 Å². The molecular formula is C42H34N4. The maximum atomic E-state index is 5.42. The molecule has 0 aliphatic rings. The van der Waals surface area contributed by atoms with E-state index in [-0.39, 0.29) is 0 Å². The van der Waals surface area contributed by atoms with Gasteiger partial charge in [0, 0.05) is 47.7 Å². The van der Waals surface area contributed by atoms with E-state index in [1.807, 2.05) is 26.2 Å². The minimum absolute atomic E-state index is 0.846. The van der Waals surface area contributed by atoms with Gasteiger partial charge in [0.25, 0.3) is 0 Å². The number of rotatable bonds is 8. The molecule has 2 N–H and O–H groups in total. The fraction of sp³-hybridized carbons (Fsp3) is 0.0476. The van der Waals surface area contributed by atoms with Crippen molar-refractivity contribution in [2.75, 3.05) is 24.7 Å². The number of anilines is 2. The molecule has 6 aromatic carbocycles. The molecule has 1 aromatic heterocycles. The number of benzene rings is 6. The van der Waals surface area contributed by atoms with Gasteiger partial charge in [0.2, 0.25) is 0 Å². The maximum Gasteiger partial charge on any atom is 0.0973 e. The molecule has 0 unspecified atom stereocenters. The second-order valence-corrected chi connectivity index (χ2v) is 11.2. The van der Waals surface area contributed by atoms with Crippen LogP contribution in [0.4, 0.5) is 11.4 Å². The lowest BCUT2D eigenvalue weighted by molar-refractivity contribution is 1.21. The summed E-state index contributed by atoms with van der Waals surface area (Å²) in [7, 11) is 3.88. The van der Waals surface area contributed by atoms with Gasteiger partial charge >= 0.3 is 0 Å². The summed E-state index contributed by atoms with van der Waals surface area (Å²) in [5.74, 6) is 0. The van der Waals surface area contributed by atoms with Crippen molar-refractivity contribution >= 4 is 11.4 Å². The molecule has 0 spiro atoms. The van der Waals surface area contributed by atoms with E-state index in [1.165, 1.54) is 0 Å². The van der Waals surface area contributed by atoms with Crippen molar-refractivity contribution in [3.05, 3.63) is 158 Å². The minimum atomic E-state index is 0.846. The molecule has 0 bridgehead atoms. The van der Waals surface area contributed by atoms with Crippen LogP contribution in [-0.2, 0) is 0 Å². The zero-order chi connectivity index (χ0) is 31.3. The molecule has 0 aliphatic heterocycles. The van der Waals surface area contributed by atoms with E-state index in [1.54, 1.807) is 0 Å². The average Bonchev–Trinajstić information content (AvgIpc) is 3.15. The Morgan fingerprint density at radius 1 is 0.304 bits per heavy atom. The van der Waals surface area contributed by atoms with Crippen LogP contribution >= 0.6 is 0 Å². The molecule has 0 aliphatic carbocycles. The van der Waals surface area contributed by atoms with Crippen LogP contribution in [0.15, 0.2) is 158 Å². The largest absolute Gasteiger partial charge is 0.388 e. The topological polar surface area (TPSA) is 49.8 Å². The highest BCUT2D eigenvalue weighted by Crippen LogP contribution is 2.38. The van der Waals surface area contributed by atoms with Crippen LogP contribution < -0.4 is 10.6 Å². The molecular weight excluding hydrogens is 560 g/mol. The van der Waals surface area contributed by atoms with Crippen molar-refractivity contribution in [1.82, 2.24) is 9.97 Å². The Kier molecular flexibility index (Phi) is 8.08. The molecule has 7 rings (SSSR count). The summed E-state index contributed by atoms with van der Waals surface area (Å²) >= 11 is 0. The van der Waals surface area contributed by atoms with Crippen LogP contribution in [0.25, 0.3) is 67.3 Å². The maximum absolute atomic E-state index is 5.42. The first-order valence-electron chi connectivity index (χ1n) is 15.5. The fourth-order valence-corrected chi connectivity index (χ4v) is 5.78. The molecule has 0 saturated heterocycles. The van der Waals surface area contributed by atoms with Gasteiger partial charge in [-0.15, -0.1) is 0 Å². The van der Waals surface area contributed by atoms with E-state index in [2.05, 4.69) is 156 Å². The summed E-state index contributed by atoms with van der Waals surface area (Å²) in [5, 5.41) is 6.48. The van der Waals surface area contributed by atoms with Crippen molar-refractivity contribution < 1.29 is 0 Å². The average molecular weight is 595 g/mol. The van der Waals surface area contributed by atoms with Gasteiger partial charge in [-0.25, -0.2) is 9.97 Å². The summed E-state index contributed by atoms with van der Waals surface area (Å²) in [4.78, 5) is 10.8. The first-order valence-corrected chi connectivity index (χ1v) is 15.5. The van der Waals surface area contributed by atoms with Crippen LogP contribution in [0.2, 0.25) is 0 Å². The van der Waals surface area contributed by atoms with Gasteiger partial charge in [0.05, 0.1) is 22.8 Å². The molecule has 0 amide bonds. The van der Waals surface area contributed by atoms with Crippen LogP contribution in [0, 0.1) is 0 Å². The van der Waals surface area contributed by atoms with Gasteiger partial charge in [-0.3, -0.25) is 0 Å². The van der Waals surface area contributed by atoms with Gasteiger partial charge in [-0.05, 0) is 46.5 Å². The molecule has 46 heavy (non-hydrogen) atoms. The van der Waals surface area contributed by atoms with E-state index in [9.17, 15) is 0 Å². The number of nitrogens with zero attached hydrogens (tertiary/aromatic N) is 2. The molecule has 222 valence electrons. The van der Waals surface area contributed by atoms with Crippen molar-refractivity contribution in [2.45, 2.75) is 0 Å². The Balaban J connectivity index is 1.40. The van der Waals surface area contributed by atoms with Crippen LogP contribution in [0.3, 0.4) is 0 Å². The lowest BCUT2D eigenvalue weighted by atomic mass is 9.96. The summed E-state index contributed by atoms with van der Waals surface area (Å²) in [6.07, 6.45) is 0. The highest BCUT2D eigenvalue weighted by molar-refractivity contribution is 5.87. The molecule has 1 heterocycles. The SMILES string of the molecule is CNc1cccc(-c2ccc(-c3nc(-c4ccccc4)c(-c4ccccc4)nc3-c3ccc(-c4cccc(NC)c4)cc3)cc2)c1. The molecule has 0 saturated carbocycles. The smallest absolute Gasteiger partial charge is 0.0973 e. The van der Waals surface area contributed by atoms with E-state index < -0.39 is 0 Å². The van der Waals surface area contributed by atoms with Crippen LogP contribution in [0.5, 0.6) is 0 Å². The quantitative estimate of drug-likeness (QED) is 0.184. The summed E-state index contributed by atoms with van der Waals surface area (Å²) in [6.45, 7) is 0. The third-order valence-electron chi connectivity index (χ3n) is 8.28. The Morgan fingerprint density at radius 2 is 0.609 bits per heavy atom. The van der Waals surface area contributed by atoms with Gasteiger partial charge < -0.3 is 10.6 Å². The third-order valence-corrected chi connectivity index (χ3v) is 8.28. The van der Waals surface area contributed by atoms with Gasteiger partial charge in [-0.1, -0.05) is 133 Å². The number of nitrogens with one attached hydrogen (secondary N) is 2. The zero-order valence-electron chi connectivity index (χ0n) is 25.9. The standard InChI is InChI=1S/C42H34N4/c1-43-37-17-9-15-35(27-37)29-19-23-33(24-20-29)41-42(34-25-21-30(22-26-34)36-16-10-18-38(28-36)44-2)46-40(32-13-7-4-8-14-32)39(45-41)31-11-5-3-6-12-31/h3-28,43-44H,1-2H3. The fourth-order valence-electron chi connectivity index (χ4n) is 5.78. The van der Waals surface area contributed by atoms with Crippen molar-refractivity contribution in [1.29, 1.82) is 0 Å². The van der Waals surface area contributed by atoms with Crippen molar-refractivity contribution in [3.8, 4) is 67.3 Å². The summed E-state index contributed by atoms with van der Waals surface area (Å²) < 4.78 is 0. The molecule has 0 radical (unpaired) electrons. The normalized spacial score (nSPS) is 10.8. The first kappa shape index (κ1) is 28.8. The Hall–Kier alpha value is -6.00. The molecule has 0 fully saturated rings. The van der Waals surface area contributed by atoms with Crippen molar-refractivity contribution in [2.24, 2.45) is 0 Å². The van der Waals surface area contributed by atoms with E-state index >= 15 is 0 Å². The second-order valence-electron chi connectivity index (χ2n) is 11.2. The first-order chi connectivity index (χ1) is 22.7. The lowest BCUT2D eigenvalue weighted by Crippen LogP contribution is -2.01. The molecule has 7 aromatic rings. The Bertz CT molecular complexity index is 1930. The summed E-state index contributed by atoms with van der Waals surface area (Å²) in [5.41, 5.74) is 14.3. The van der Waals surface area contributed by atoms with Crippen LogP contribution in [0.1, 0.15) is 0 Å². The van der Waals surface area contributed by atoms with E-state index in [4.69, 9.17) is 9.97 Å². The number of hydrogen-bond donors (Lipinski definition) is 2. The highest BCUT2D eigenvalue weighted by atomic mass is 14.9. The van der Waals surface area contributed by atoms with Gasteiger partial charge in [0.15, 0.2) is 0 Å².